The van der Waals surface area contributed by atoms with Crippen LogP contribution >= 0.6 is 23.4 Å². The molecule has 0 spiro atoms. The van der Waals surface area contributed by atoms with E-state index in [0.717, 1.165) is 5.56 Å². The Kier molecular flexibility index (Phi) is 6.19. The first-order valence-electron chi connectivity index (χ1n) is 8.60. The summed E-state index contributed by atoms with van der Waals surface area (Å²) in [7, 11) is 1.75. The van der Waals surface area contributed by atoms with Gasteiger partial charge >= 0.3 is 0 Å². The van der Waals surface area contributed by atoms with E-state index in [9.17, 15) is 9.59 Å². The van der Waals surface area contributed by atoms with Crippen molar-refractivity contribution < 1.29 is 4.79 Å². The molecule has 27 heavy (non-hydrogen) atoms. The van der Waals surface area contributed by atoms with Crippen molar-refractivity contribution in [2.45, 2.75) is 25.2 Å². The molecule has 7 heteroatoms. The number of carbonyl (C=O) groups is 1. The van der Waals surface area contributed by atoms with Crippen LogP contribution in [0.2, 0.25) is 5.02 Å². The Morgan fingerprint density at radius 1 is 1.22 bits per heavy atom. The van der Waals surface area contributed by atoms with Crippen molar-refractivity contribution in [2.75, 3.05) is 12.8 Å². The van der Waals surface area contributed by atoms with Crippen LogP contribution in [0.1, 0.15) is 12.5 Å². The van der Waals surface area contributed by atoms with Gasteiger partial charge in [-0.05, 0) is 36.8 Å². The largest absolute Gasteiger partial charge is 0.341 e. The number of hydrogen-bond acceptors (Lipinski definition) is 4. The number of aromatic nitrogens is 2. The van der Waals surface area contributed by atoms with Gasteiger partial charge < -0.3 is 4.90 Å². The second kappa shape index (κ2) is 8.59. The van der Waals surface area contributed by atoms with Crippen molar-refractivity contribution in [2.24, 2.45) is 0 Å². The first-order chi connectivity index (χ1) is 13.0. The van der Waals surface area contributed by atoms with Gasteiger partial charge in [0, 0.05) is 25.2 Å². The van der Waals surface area contributed by atoms with Gasteiger partial charge in [-0.2, -0.15) is 0 Å². The first kappa shape index (κ1) is 19.5. The number of fused-ring (bicyclic) bond motifs is 1. The van der Waals surface area contributed by atoms with Gasteiger partial charge in [-0.1, -0.05) is 47.6 Å². The number of hydrogen-bond donors (Lipinski definition) is 0. The molecule has 1 aromatic heterocycles. The van der Waals surface area contributed by atoms with Crippen LogP contribution in [0.4, 0.5) is 0 Å². The quantitative estimate of drug-likeness (QED) is 0.465. The van der Waals surface area contributed by atoms with E-state index in [1.165, 1.54) is 11.8 Å². The molecule has 3 aromatic rings. The number of rotatable bonds is 6. The van der Waals surface area contributed by atoms with E-state index in [-0.39, 0.29) is 17.2 Å². The fourth-order valence-electron chi connectivity index (χ4n) is 2.77. The highest BCUT2D eigenvalue weighted by Gasteiger charge is 2.14. The van der Waals surface area contributed by atoms with Gasteiger partial charge in [0.1, 0.15) is 0 Å². The van der Waals surface area contributed by atoms with Crippen LogP contribution in [0.5, 0.6) is 0 Å². The van der Waals surface area contributed by atoms with Crippen molar-refractivity contribution in [3.8, 4) is 0 Å². The van der Waals surface area contributed by atoms with E-state index < -0.39 is 0 Å². The van der Waals surface area contributed by atoms with Crippen molar-refractivity contribution in [1.29, 1.82) is 0 Å². The summed E-state index contributed by atoms with van der Waals surface area (Å²) in [4.78, 5) is 31.4. The Balaban J connectivity index is 1.74. The van der Waals surface area contributed by atoms with Gasteiger partial charge in [0.05, 0.1) is 16.7 Å². The van der Waals surface area contributed by atoms with E-state index in [2.05, 4.69) is 4.98 Å². The molecule has 0 aliphatic rings. The summed E-state index contributed by atoms with van der Waals surface area (Å²) >= 11 is 7.28. The molecule has 140 valence electrons. The zero-order valence-electron chi connectivity index (χ0n) is 15.2. The number of nitrogens with zero attached hydrogens (tertiary/aromatic N) is 3. The van der Waals surface area contributed by atoms with Gasteiger partial charge in [0.2, 0.25) is 5.91 Å². The van der Waals surface area contributed by atoms with Crippen LogP contribution in [0.25, 0.3) is 10.9 Å². The second-order valence-electron chi connectivity index (χ2n) is 6.13. The minimum Gasteiger partial charge on any atom is -0.341 e. The molecule has 0 saturated carbocycles. The standard InChI is InChI=1S/C20H20ClN3O2S/c1-3-24-19(26)16-9-4-5-10-17(16)22-20(24)27-13-18(25)23(2)12-14-7-6-8-15(21)11-14/h4-11H,3,12-13H2,1-2H3. The molecule has 0 aliphatic carbocycles. The molecule has 0 N–H and O–H groups in total. The highest BCUT2D eigenvalue weighted by molar-refractivity contribution is 7.99. The Hall–Kier alpha value is -2.31. The highest BCUT2D eigenvalue weighted by Crippen LogP contribution is 2.19. The average molecular weight is 402 g/mol. The van der Waals surface area contributed by atoms with Gasteiger partial charge in [-0.25, -0.2) is 4.98 Å². The average Bonchev–Trinajstić information content (AvgIpc) is 2.66. The van der Waals surface area contributed by atoms with Crippen LogP contribution in [0, 0.1) is 0 Å². The van der Waals surface area contributed by atoms with Gasteiger partial charge in [0.15, 0.2) is 5.16 Å². The first-order valence-corrected chi connectivity index (χ1v) is 9.96. The molecule has 2 aromatic carbocycles. The van der Waals surface area contributed by atoms with E-state index in [0.29, 0.717) is 34.2 Å². The smallest absolute Gasteiger partial charge is 0.262 e. The summed E-state index contributed by atoms with van der Waals surface area (Å²) in [5.41, 5.74) is 1.54. The molecule has 0 bridgehead atoms. The number of carbonyl (C=O) groups excluding carboxylic acids is 1. The predicted molar refractivity (Wildman–Crippen MR) is 110 cm³/mol. The fraction of sp³-hybridized carbons (Fsp3) is 0.250. The molecule has 0 radical (unpaired) electrons. The Bertz CT molecular complexity index is 1040. The molecule has 0 fully saturated rings. The van der Waals surface area contributed by atoms with Crippen LogP contribution in [0.15, 0.2) is 58.5 Å². The summed E-state index contributed by atoms with van der Waals surface area (Å²) in [6.45, 7) is 2.88. The molecule has 0 saturated heterocycles. The van der Waals surface area contributed by atoms with Crippen LogP contribution < -0.4 is 5.56 Å². The van der Waals surface area contributed by atoms with Crippen LogP contribution in [-0.4, -0.2) is 33.2 Å². The third kappa shape index (κ3) is 4.51. The second-order valence-corrected chi connectivity index (χ2v) is 7.51. The van der Waals surface area contributed by atoms with E-state index in [1.54, 1.807) is 28.6 Å². The maximum absolute atomic E-state index is 12.6. The number of amides is 1. The maximum atomic E-state index is 12.6. The van der Waals surface area contributed by atoms with E-state index in [1.807, 2.05) is 43.3 Å². The molecule has 0 aliphatic heterocycles. The zero-order chi connectivity index (χ0) is 19.4. The SMILES string of the molecule is CCn1c(SCC(=O)N(C)Cc2cccc(Cl)c2)nc2ccccc2c1=O. The third-order valence-electron chi connectivity index (χ3n) is 4.20. The molecule has 1 heterocycles. The van der Waals surface area contributed by atoms with Crippen LogP contribution in [-0.2, 0) is 17.9 Å². The number of benzene rings is 2. The maximum Gasteiger partial charge on any atom is 0.262 e. The third-order valence-corrected chi connectivity index (χ3v) is 5.40. The van der Waals surface area contributed by atoms with Crippen molar-refractivity contribution in [3.63, 3.8) is 0 Å². The Morgan fingerprint density at radius 3 is 2.74 bits per heavy atom. The number of halogens is 1. The Labute approximate surface area is 167 Å². The molecule has 0 atom stereocenters. The normalized spacial score (nSPS) is 10.9. The summed E-state index contributed by atoms with van der Waals surface area (Å²) < 4.78 is 1.61. The molecular formula is C20H20ClN3O2S. The number of para-hydroxylation sites is 1. The molecule has 1 amide bonds. The minimum absolute atomic E-state index is 0.0370. The van der Waals surface area contributed by atoms with Crippen molar-refractivity contribution in [3.05, 3.63) is 69.5 Å². The molecule has 0 unspecified atom stereocenters. The van der Waals surface area contributed by atoms with Gasteiger partial charge in [0.25, 0.3) is 5.56 Å². The number of thioether (sulfide) groups is 1. The van der Waals surface area contributed by atoms with Gasteiger partial charge in [-0.15, -0.1) is 0 Å². The topological polar surface area (TPSA) is 55.2 Å². The lowest BCUT2D eigenvalue weighted by atomic mass is 10.2. The lowest BCUT2D eigenvalue weighted by Gasteiger charge is -2.18. The lowest BCUT2D eigenvalue weighted by molar-refractivity contribution is -0.127. The van der Waals surface area contributed by atoms with Crippen molar-refractivity contribution in [1.82, 2.24) is 14.5 Å². The zero-order valence-corrected chi connectivity index (χ0v) is 16.8. The fourth-order valence-corrected chi connectivity index (χ4v) is 3.99. The highest BCUT2D eigenvalue weighted by atomic mass is 35.5. The molecule has 5 nitrogen and oxygen atoms in total. The Morgan fingerprint density at radius 2 is 2.00 bits per heavy atom. The van der Waals surface area contributed by atoms with E-state index >= 15 is 0 Å². The predicted octanol–water partition coefficient (Wildman–Crippen LogP) is 3.82. The summed E-state index contributed by atoms with van der Waals surface area (Å²) in [6, 6.07) is 14.7. The summed E-state index contributed by atoms with van der Waals surface area (Å²) in [5.74, 6) is 0.173. The summed E-state index contributed by atoms with van der Waals surface area (Å²) in [6.07, 6.45) is 0. The van der Waals surface area contributed by atoms with Gasteiger partial charge in [-0.3, -0.25) is 14.2 Å². The van der Waals surface area contributed by atoms with Crippen molar-refractivity contribution >= 4 is 40.2 Å². The molecule has 3 rings (SSSR count). The lowest BCUT2D eigenvalue weighted by Crippen LogP contribution is -2.28. The minimum atomic E-state index is -0.0784. The van der Waals surface area contributed by atoms with E-state index in [4.69, 9.17) is 11.6 Å². The monoisotopic (exact) mass is 401 g/mol. The van der Waals surface area contributed by atoms with Crippen LogP contribution in [0.3, 0.4) is 0 Å². The summed E-state index contributed by atoms with van der Waals surface area (Å²) in [5, 5.41) is 1.80. The molecular weight excluding hydrogens is 382 g/mol.